The molecule has 1 aliphatic rings. The molecule has 1 heterocycles. The molecule has 120 valence electrons. The van der Waals surface area contributed by atoms with Gasteiger partial charge in [-0.15, -0.1) is 0 Å². The van der Waals surface area contributed by atoms with Gasteiger partial charge in [0.2, 0.25) is 10.0 Å². The Morgan fingerprint density at radius 1 is 1.10 bits per heavy atom. The van der Waals surface area contributed by atoms with Gasteiger partial charge in [-0.25, -0.2) is 13.1 Å². The fourth-order valence-electron chi connectivity index (χ4n) is 2.46. The van der Waals surface area contributed by atoms with Crippen molar-refractivity contribution in [2.75, 3.05) is 31.9 Å². The predicted molar refractivity (Wildman–Crippen MR) is 84.4 cm³/mol. The molecule has 0 aromatic carbocycles. The minimum atomic E-state index is -3.13. The predicted octanol–water partition coefficient (Wildman–Crippen LogP) is 1.17. The van der Waals surface area contributed by atoms with E-state index in [1.807, 2.05) is 0 Å². The smallest absolute Gasteiger partial charge is 0.211 e. The summed E-state index contributed by atoms with van der Waals surface area (Å²) in [4.78, 5) is 2.38. The summed E-state index contributed by atoms with van der Waals surface area (Å²) in [6.07, 6.45) is 4.43. The van der Waals surface area contributed by atoms with Gasteiger partial charge >= 0.3 is 0 Å². The maximum atomic E-state index is 11.9. The van der Waals surface area contributed by atoms with Crippen LogP contribution in [0.1, 0.15) is 46.5 Å². The molecule has 0 saturated carbocycles. The van der Waals surface area contributed by atoms with Crippen molar-refractivity contribution in [3.63, 3.8) is 0 Å². The van der Waals surface area contributed by atoms with Crippen LogP contribution in [0.5, 0.6) is 0 Å². The summed E-state index contributed by atoms with van der Waals surface area (Å²) in [5.41, 5.74) is 0. The van der Waals surface area contributed by atoms with E-state index in [2.05, 4.69) is 35.7 Å². The van der Waals surface area contributed by atoms with Crippen molar-refractivity contribution in [3.05, 3.63) is 0 Å². The van der Waals surface area contributed by atoms with Crippen LogP contribution in [0.25, 0.3) is 0 Å². The maximum Gasteiger partial charge on any atom is 0.211 e. The molecule has 5 nitrogen and oxygen atoms in total. The molecular formula is C14H31N3O2S. The third kappa shape index (κ3) is 7.57. The van der Waals surface area contributed by atoms with E-state index in [1.165, 1.54) is 19.3 Å². The van der Waals surface area contributed by atoms with E-state index >= 15 is 0 Å². The summed E-state index contributed by atoms with van der Waals surface area (Å²) in [6.45, 7) is 9.71. The van der Waals surface area contributed by atoms with Crippen LogP contribution in [-0.4, -0.2) is 57.3 Å². The second kappa shape index (κ2) is 8.97. The molecule has 1 saturated heterocycles. The van der Waals surface area contributed by atoms with Crippen molar-refractivity contribution in [1.82, 2.24) is 14.9 Å². The first-order valence-electron chi connectivity index (χ1n) is 7.85. The van der Waals surface area contributed by atoms with Crippen molar-refractivity contribution in [3.8, 4) is 0 Å². The lowest BCUT2D eigenvalue weighted by Gasteiger charge is -2.32. The molecule has 0 radical (unpaired) electrons. The van der Waals surface area contributed by atoms with Gasteiger partial charge in [0.05, 0.1) is 5.75 Å². The lowest BCUT2D eigenvalue weighted by Crippen LogP contribution is -2.44. The first-order valence-corrected chi connectivity index (χ1v) is 9.51. The fraction of sp³-hybridized carbons (Fsp3) is 1.00. The number of nitrogens with one attached hydrogen (secondary N) is 2. The second-order valence-corrected chi connectivity index (χ2v) is 8.00. The molecular weight excluding hydrogens is 274 g/mol. The van der Waals surface area contributed by atoms with Crippen molar-refractivity contribution in [2.45, 2.75) is 58.5 Å². The fourth-order valence-corrected chi connectivity index (χ4v) is 3.62. The molecule has 1 rings (SSSR count). The van der Waals surface area contributed by atoms with E-state index in [4.69, 9.17) is 0 Å². The summed E-state index contributed by atoms with van der Waals surface area (Å²) in [5.74, 6) is 0.208. The summed E-state index contributed by atoms with van der Waals surface area (Å²) in [5, 5.41) is 3.23. The normalized spacial score (nSPS) is 19.4. The van der Waals surface area contributed by atoms with Crippen LogP contribution in [0.4, 0.5) is 0 Å². The topological polar surface area (TPSA) is 61.4 Å². The van der Waals surface area contributed by atoms with Crippen LogP contribution in [0.3, 0.4) is 0 Å². The summed E-state index contributed by atoms with van der Waals surface area (Å²) in [7, 11) is -3.13. The van der Waals surface area contributed by atoms with Gasteiger partial charge in [0.15, 0.2) is 0 Å². The molecule has 0 amide bonds. The van der Waals surface area contributed by atoms with Crippen molar-refractivity contribution in [2.24, 2.45) is 0 Å². The highest BCUT2D eigenvalue weighted by Gasteiger charge is 2.18. The van der Waals surface area contributed by atoms with Gasteiger partial charge < -0.3 is 5.32 Å². The first-order chi connectivity index (χ1) is 9.41. The number of likely N-dealkylation sites (tertiary alicyclic amines) is 1. The number of rotatable bonds is 9. The summed E-state index contributed by atoms with van der Waals surface area (Å²) in [6, 6.07) is 0.698. The molecule has 2 N–H and O–H groups in total. The average Bonchev–Trinajstić information content (AvgIpc) is 2.42. The van der Waals surface area contributed by atoms with Gasteiger partial charge in [-0.1, -0.05) is 20.3 Å². The Morgan fingerprint density at radius 2 is 1.75 bits per heavy atom. The Labute approximate surface area is 124 Å². The maximum absolute atomic E-state index is 11.9. The Balaban J connectivity index is 2.20. The van der Waals surface area contributed by atoms with Gasteiger partial charge in [-0.05, 0) is 45.8 Å². The monoisotopic (exact) mass is 305 g/mol. The van der Waals surface area contributed by atoms with E-state index in [9.17, 15) is 8.42 Å². The molecule has 0 spiro atoms. The largest absolute Gasteiger partial charge is 0.314 e. The van der Waals surface area contributed by atoms with Gasteiger partial charge in [0.25, 0.3) is 0 Å². The zero-order valence-electron chi connectivity index (χ0n) is 13.2. The van der Waals surface area contributed by atoms with Crippen LogP contribution in [0, 0.1) is 0 Å². The Hall–Kier alpha value is -0.170. The number of nitrogens with zero attached hydrogens (tertiary/aromatic N) is 1. The van der Waals surface area contributed by atoms with Gasteiger partial charge in [0, 0.05) is 18.6 Å². The zero-order chi connectivity index (χ0) is 15.0. The van der Waals surface area contributed by atoms with Crippen molar-refractivity contribution < 1.29 is 8.42 Å². The minimum absolute atomic E-state index is 0.208. The SMILES string of the molecule is CC(C)NCCCS(=O)(=O)NCC(C)N1CCCCC1. The highest BCUT2D eigenvalue weighted by molar-refractivity contribution is 7.89. The molecule has 1 unspecified atom stereocenters. The summed E-state index contributed by atoms with van der Waals surface area (Å²) < 4.78 is 26.6. The van der Waals surface area contributed by atoms with E-state index in [0.717, 1.165) is 19.6 Å². The number of hydrogen-bond acceptors (Lipinski definition) is 4. The number of hydrogen-bond donors (Lipinski definition) is 2. The van der Waals surface area contributed by atoms with Gasteiger partial charge in [0.1, 0.15) is 0 Å². The first kappa shape index (κ1) is 17.9. The van der Waals surface area contributed by atoms with Crippen LogP contribution < -0.4 is 10.0 Å². The number of piperidine rings is 1. The average molecular weight is 305 g/mol. The highest BCUT2D eigenvalue weighted by Crippen LogP contribution is 2.11. The van der Waals surface area contributed by atoms with E-state index in [1.54, 1.807) is 0 Å². The van der Waals surface area contributed by atoms with E-state index in [0.29, 0.717) is 25.0 Å². The Bertz CT molecular complexity index is 351. The standard InChI is InChI=1S/C14H31N3O2S/c1-13(2)15-8-7-11-20(18,19)16-12-14(3)17-9-5-4-6-10-17/h13-16H,4-12H2,1-3H3. The van der Waals surface area contributed by atoms with E-state index < -0.39 is 10.0 Å². The van der Waals surface area contributed by atoms with Gasteiger partial charge in [-0.2, -0.15) is 0 Å². The molecule has 0 aromatic rings. The van der Waals surface area contributed by atoms with Crippen molar-refractivity contribution in [1.29, 1.82) is 0 Å². The number of sulfonamides is 1. The molecule has 20 heavy (non-hydrogen) atoms. The van der Waals surface area contributed by atoms with Crippen LogP contribution in [0.2, 0.25) is 0 Å². The Morgan fingerprint density at radius 3 is 2.35 bits per heavy atom. The van der Waals surface area contributed by atoms with Gasteiger partial charge in [-0.3, -0.25) is 4.90 Å². The molecule has 1 atom stereocenters. The quantitative estimate of drug-likeness (QED) is 0.628. The van der Waals surface area contributed by atoms with Crippen molar-refractivity contribution >= 4 is 10.0 Å². The van der Waals surface area contributed by atoms with E-state index in [-0.39, 0.29) is 5.75 Å². The molecule has 0 bridgehead atoms. The van der Waals surface area contributed by atoms with Crippen LogP contribution >= 0.6 is 0 Å². The summed E-state index contributed by atoms with van der Waals surface area (Å²) >= 11 is 0. The molecule has 1 aliphatic heterocycles. The lowest BCUT2D eigenvalue weighted by molar-refractivity contribution is 0.175. The Kier molecular flexibility index (Phi) is 8.02. The third-order valence-electron chi connectivity index (χ3n) is 3.76. The lowest BCUT2D eigenvalue weighted by atomic mass is 10.1. The molecule has 0 aromatic heterocycles. The molecule has 6 heteroatoms. The zero-order valence-corrected chi connectivity index (χ0v) is 14.0. The highest BCUT2D eigenvalue weighted by atomic mass is 32.2. The van der Waals surface area contributed by atoms with Crippen LogP contribution in [0.15, 0.2) is 0 Å². The second-order valence-electron chi connectivity index (χ2n) is 6.08. The van der Waals surface area contributed by atoms with Crippen LogP contribution in [-0.2, 0) is 10.0 Å². The molecule has 0 aliphatic carbocycles. The third-order valence-corrected chi connectivity index (χ3v) is 5.19. The molecule has 1 fully saturated rings. The minimum Gasteiger partial charge on any atom is -0.314 e.